The van der Waals surface area contributed by atoms with Gasteiger partial charge < -0.3 is 10.8 Å². The first kappa shape index (κ1) is 13.4. The van der Waals surface area contributed by atoms with Gasteiger partial charge >= 0.3 is 0 Å². The average molecular weight is 325 g/mol. The lowest BCUT2D eigenvalue weighted by molar-refractivity contribution is 0.204. The topological polar surface area (TPSA) is 59.1 Å². The summed E-state index contributed by atoms with van der Waals surface area (Å²) in [4.78, 5) is 4.24. The minimum atomic E-state index is -0.549. The molecule has 94 valence electrons. The second-order valence-electron chi connectivity index (χ2n) is 3.79. The average Bonchev–Trinajstić information content (AvgIpc) is 2.37. The first-order chi connectivity index (χ1) is 8.66. The van der Waals surface area contributed by atoms with Crippen LogP contribution in [0.5, 0.6) is 0 Å². The Balaban J connectivity index is 2.00. The maximum Gasteiger partial charge on any atom is 0.110 e. The largest absolute Gasteiger partial charge is 0.399 e. The van der Waals surface area contributed by atoms with Crippen LogP contribution >= 0.6 is 27.7 Å². The quantitative estimate of drug-likeness (QED) is 0.669. The molecule has 0 spiro atoms. The molecule has 0 aliphatic carbocycles. The molecule has 0 aliphatic heterocycles. The monoisotopic (exact) mass is 324 g/mol. The SMILES string of the molecule is Nc1cccc(C(O)CSc2ncccc2Br)c1. The number of hydrogen-bond acceptors (Lipinski definition) is 4. The molecule has 1 unspecified atom stereocenters. The molecule has 0 saturated heterocycles. The highest BCUT2D eigenvalue weighted by Gasteiger charge is 2.10. The standard InChI is InChI=1S/C13H13BrN2OS/c14-11-5-2-6-16-13(11)18-8-12(17)9-3-1-4-10(15)7-9/h1-7,12,17H,8,15H2. The Morgan fingerprint density at radius 2 is 2.17 bits per heavy atom. The van der Waals surface area contributed by atoms with E-state index in [4.69, 9.17) is 5.73 Å². The van der Waals surface area contributed by atoms with Crippen LogP contribution in [-0.2, 0) is 0 Å². The highest BCUT2D eigenvalue weighted by Crippen LogP contribution is 2.28. The summed E-state index contributed by atoms with van der Waals surface area (Å²) in [6, 6.07) is 11.1. The molecule has 1 aromatic carbocycles. The second-order valence-corrected chi connectivity index (χ2v) is 5.65. The summed E-state index contributed by atoms with van der Waals surface area (Å²) in [6.45, 7) is 0. The lowest BCUT2D eigenvalue weighted by Crippen LogP contribution is -2.01. The van der Waals surface area contributed by atoms with E-state index in [-0.39, 0.29) is 0 Å². The number of aliphatic hydroxyl groups is 1. The summed E-state index contributed by atoms with van der Waals surface area (Å²) >= 11 is 4.94. The number of aliphatic hydroxyl groups excluding tert-OH is 1. The molecule has 0 radical (unpaired) electrons. The van der Waals surface area contributed by atoms with E-state index in [9.17, 15) is 5.11 Å². The van der Waals surface area contributed by atoms with Gasteiger partial charge in [-0.2, -0.15) is 0 Å². The smallest absolute Gasteiger partial charge is 0.110 e. The number of rotatable bonds is 4. The van der Waals surface area contributed by atoms with Crippen LogP contribution < -0.4 is 5.73 Å². The Morgan fingerprint density at radius 1 is 1.33 bits per heavy atom. The van der Waals surface area contributed by atoms with Crippen molar-refractivity contribution in [2.24, 2.45) is 0 Å². The van der Waals surface area contributed by atoms with Gasteiger partial charge in [0.15, 0.2) is 0 Å². The highest BCUT2D eigenvalue weighted by atomic mass is 79.9. The number of hydrogen-bond donors (Lipinski definition) is 2. The van der Waals surface area contributed by atoms with Crippen LogP contribution in [-0.4, -0.2) is 15.8 Å². The van der Waals surface area contributed by atoms with Crippen LogP contribution in [0.4, 0.5) is 5.69 Å². The molecule has 18 heavy (non-hydrogen) atoms. The molecular formula is C13H13BrN2OS. The number of thioether (sulfide) groups is 1. The van der Waals surface area contributed by atoms with Crippen molar-refractivity contribution < 1.29 is 5.11 Å². The van der Waals surface area contributed by atoms with E-state index in [2.05, 4.69) is 20.9 Å². The molecule has 0 bridgehead atoms. The first-order valence-electron chi connectivity index (χ1n) is 5.43. The molecule has 0 aliphatic rings. The van der Waals surface area contributed by atoms with Crippen molar-refractivity contribution in [3.63, 3.8) is 0 Å². The third-order valence-corrected chi connectivity index (χ3v) is 4.38. The summed E-state index contributed by atoms with van der Waals surface area (Å²) < 4.78 is 0.940. The summed E-state index contributed by atoms with van der Waals surface area (Å²) in [5.74, 6) is 0.541. The molecule has 1 heterocycles. The first-order valence-corrected chi connectivity index (χ1v) is 7.21. The lowest BCUT2D eigenvalue weighted by Gasteiger charge is -2.11. The van der Waals surface area contributed by atoms with Gasteiger partial charge in [-0.25, -0.2) is 4.98 Å². The van der Waals surface area contributed by atoms with Crippen LogP contribution in [0, 0.1) is 0 Å². The van der Waals surface area contributed by atoms with E-state index in [0.29, 0.717) is 11.4 Å². The molecule has 0 fully saturated rings. The number of nitrogen functional groups attached to an aromatic ring is 1. The van der Waals surface area contributed by atoms with Crippen LogP contribution in [0.15, 0.2) is 52.1 Å². The fourth-order valence-electron chi connectivity index (χ4n) is 1.50. The molecular weight excluding hydrogens is 312 g/mol. The molecule has 0 amide bonds. The van der Waals surface area contributed by atoms with Gasteiger partial charge in [-0.05, 0) is 45.8 Å². The summed E-state index contributed by atoms with van der Waals surface area (Å²) in [6.07, 6.45) is 1.19. The highest BCUT2D eigenvalue weighted by molar-refractivity contribution is 9.10. The number of nitrogens with two attached hydrogens (primary N) is 1. The van der Waals surface area contributed by atoms with Crippen molar-refractivity contribution >= 4 is 33.4 Å². The molecule has 1 aromatic heterocycles. The zero-order valence-corrected chi connectivity index (χ0v) is 12.0. The van der Waals surface area contributed by atoms with Crippen molar-refractivity contribution in [1.82, 2.24) is 4.98 Å². The Labute approximate surface area is 119 Å². The molecule has 5 heteroatoms. The van der Waals surface area contributed by atoms with Crippen molar-refractivity contribution in [3.05, 3.63) is 52.6 Å². The van der Waals surface area contributed by atoms with Crippen LogP contribution in [0.1, 0.15) is 11.7 Å². The zero-order chi connectivity index (χ0) is 13.0. The number of halogens is 1. The van der Waals surface area contributed by atoms with Crippen molar-refractivity contribution in [1.29, 1.82) is 0 Å². The summed E-state index contributed by atoms with van der Waals surface area (Å²) in [7, 11) is 0. The van der Waals surface area contributed by atoms with Crippen LogP contribution in [0.25, 0.3) is 0 Å². The van der Waals surface area contributed by atoms with Crippen molar-refractivity contribution in [2.75, 3.05) is 11.5 Å². The Hall–Kier alpha value is -1.04. The number of benzene rings is 1. The van der Waals surface area contributed by atoms with E-state index in [0.717, 1.165) is 15.1 Å². The van der Waals surface area contributed by atoms with E-state index < -0.39 is 6.10 Å². The maximum atomic E-state index is 10.1. The fraction of sp³-hybridized carbons (Fsp3) is 0.154. The molecule has 2 aromatic rings. The van der Waals surface area contributed by atoms with Gasteiger partial charge in [0.05, 0.1) is 6.10 Å². The normalized spacial score (nSPS) is 12.3. The molecule has 0 saturated carbocycles. The van der Waals surface area contributed by atoms with E-state index in [1.165, 1.54) is 11.8 Å². The molecule has 3 nitrogen and oxygen atoms in total. The second kappa shape index (κ2) is 6.22. The lowest BCUT2D eigenvalue weighted by atomic mass is 10.1. The fourth-order valence-corrected chi connectivity index (χ4v) is 2.95. The Kier molecular flexibility index (Phi) is 4.63. The number of anilines is 1. The predicted molar refractivity (Wildman–Crippen MR) is 78.5 cm³/mol. The molecule has 3 N–H and O–H groups in total. The van der Waals surface area contributed by atoms with Gasteiger partial charge in [0.25, 0.3) is 0 Å². The van der Waals surface area contributed by atoms with E-state index in [1.807, 2.05) is 24.3 Å². The van der Waals surface area contributed by atoms with Crippen LogP contribution in [0.2, 0.25) is 0 Å². The van der Waals surface area contributed by atoms with Gasteiger partial charge in [0, 0.05) is 22.1 Å². The molecule has 2 rings (SSSR count). The Morgan fingerprint density at radius 3 is 2.89 bits per heavy atom. The van der Waals surface area contributed by atoms with Crippen molar-refractivity contribution in [3.8, 4) is 0 Å². The third kappa shape index (κ3) is 3.48. The van der Waals surface area contributed by atoms with Gasteiger partial charge in [-0.3, -0.25) is 0 Å². The van der Waals surface area contributed by atoms with Crippen LogP contribution in [0.3, 0.4) is 0 Å². The van der Waals surface area contributed by atoms with Gasteiger partial charge in [-0.15, -0.1) is 11.8 Å². The summed E-state index contributed by atoms with van der Waals surface area (Å²) in [5.41, 5.74) is 7.18. The number of nitrogens with zero attached hydrogens (tertiary/aromatic N) is 1. The zero-order valence-electron chi connectivity index (χ0n) is 9.58. The number of pyridine rings is 1. The van der Waals surface area contributed by atoms with Gasteiger partial charge in [0.2, 0.25) is 0 Å². The maximum absolute atomic E-state index is 10.1. The number of aromatic nitrogens is 1. The van der Waals surface area contributed by atoms with Gasteiger partial charge in [0.1, 0.15) is 5.03 Å². The Bertz CT molecular complexity index is 536. The van der Waals surface area contributed by atoms with Gasteiger partial charge in [-0.1, -0.05) is 12.1 Å². The third-order valence-electron chi connectivity index (χ3n) is 2.40. The van der Waals surface area contributed by atoms with Crippen molar-refractivity contribution in [2.45, 2.75) is 11.1 Å². The minimum Gasteiger partial charge on any atom is -0.399 e. The summed E-state index contributed by atoms with van der Waals surface area (Å²) in [5, 5.41) is 11.0. The van der Waals surface area contributed by atoms with E-state index >= 15 is 0 Å². The predicted octanol–water partition coefficient (Wildman–Crippen LogP) is 3.25. The minimum absolute atomic E-state index is 0.541. The molecule has 1 atom stereocenters. The van der Waals surface area contributed by atoms with E-state index in [1.54, 1.807) is 18.3 Å².